The summed E-state index contributed by atoms with van der Waals surface area (Å²) in [5.74, 6) is 2.40. The van der Waals surface area contributed by atoms with Gasteiger partial charge in [-0.05, 0) is 24.3 Å². The molecule has 1 rings (SSSR count). The first kappa shape index (κ1) is 25.3. The minimum absolute atomic E-state index is 0. The fraction of sp³-hybridized carbons (Fsp3) is 0.579. The Labute approximate surface area is 179 Å². The van der Waals surface area contributed by atoms with Crippen LogP contribution in [0.3, 0.4) is 0 Å². The number of halogens is 1. The summed E-state index contributed by atoms with van der Waals surface area (Å²) in [5, 5.41) is 6.13. The number of benzene rings is 1. The molecule has 0 aliphatic heterocycles. The highest BCUT2D eigenvalue weighted by molar-refractivity contribution is 14.0. The first-order valence-corrected chi connectivity index (χ1v) is 8.75. The molecular weight excluding hydrogens is 459 g/mol. The van der Waals surface area contributed by atoms with Gasteiger partial charge in [0.15, 0.2) is 5.96 Å². The van der Waals surface area contributed by atoms with Crippen LogP contribution in [0.5, 0.6) is 11.5 Å². The van der Waals surface area contributed by atoms with Gasteiger partial charge >= 0.3 is 0 Å². The van der Waals surface area contributed by atoms with Crippen LogP contribution < -0.4 is 20.1 Å². The number of ether oxygens (including phenoxy) is 2. The van der Waals surface area contributed by atoms with Crippen LogP contribution in [-0.4, -0.2) is 64.2 Å². The molecule has 0 bridgehead atoms. The molecule has 1 aromatic carbocycles. The van der Waals surface area contributed by atoms with Gasteiger partial charge in [0.2, 0.25) is 5.91 Å². The van der Waals surface area contributed by atoms with E-state index in [0.29, 0.717) is 26.2 Å². The van der Waals surface area contributed by atoms with Gasteiger partial charge in [0.1, 0.15) is 18.1 Å². The number of likely N-dealkylation sites (N-methyl/N-ethyl adjacent to an activating group) is 1. The van der Waals surface area contributed by atoms with Gasteiger partial charge in [-0.3, -0.25) is 9.79 Å². The molecule has 0 heterocycles. The summed E-state index contributed by atoms with van der Waals surface area (Å²) in [6.07, 6.45) is 0. The summed E-state index contributed by atoms with van der Waals surface area (Å²) in [5.41, 5.74) is -0.378. The van der Waals surface area contributed by atoms with Crippen molar-refractivity contribution in [3.05, 3.63) is 24.3 Å². The number of amides is 1. The van der Waals surface area contributed by atoms with Crippen molar-refractivity contribution < 1.29 is 14.3 Å². The number of methoxy groups -OCH3 is 1. The molecule has 0 atom stereocenters. The predicted octanol–water partition coefficient (Wildman–Crippen LogP) is 2.36. The van der Waals surface area contributed by atoms with Crippen LogP contribution in [-0.2, 0) is 4.79 Å². The first-order valence-electron chi connectivity index (χ1n) is 8.75. The first-order chi connectivity index (χ1) is 12.3. The molecule has 0 radical (unpaired) electrons. The molecule has 0 fully saturated rings. The number of hydrogen-bond acceptors (Lipinski definition) is 4. The van der Waals surface area contributed by atoms with Gasteiger partial charge in [0, 0.05) is 32.6 Å². The Bertz CT molecular complexity index is 586. The summed E-state index contributed by atoms with van der Waals surface area (Å²) < 4.78 is 10.9. The normalized spacial score (nSPS) is 11.3. The zero-order valence-corrected chi connectivity index (χ0v) is 19.5. The Hall–Kier alpha value is -1.71. The molecule has 0 unspecified atom stereocenters. The highest BCUT2D eigenvalue weighted by Crippen LogP contribution is 2.16. The van der Waals surface area contributed by atoms with Crippen molar-refractivity contribution in [3.8, 4) is 11.5 Å². The summed E-state index contributed by atoms with van der Waals surface area (Å²) >= 11 is 0. The van der Waals surface area contributed by atoms with E-state index in [2.05, 4.69) is 15.6 Å². The Kier molecular flexibility index (Phi) is 11.8. The van der Waals surface area contributed by atoms with Crippen molar-refractivity contribution >= 4 is 35.8 Å². The molecule has 1 amide bonds. The van der Waals surface area contributed by atoms with E-state index in [-0.39, 0.29) is 35.3 Å². The van der Waals surface area contributed by atoms with Crippen LogP contribution in [0.2, 0.25) is 0 Å². The second-order valence-corrected chi connectivity index (χ2v) is 6.93. The van der Waals surface area contributed by atoms with Crippen molar-refractivity contribution in [1.82, 2.24) is 15.5 Å². The van der Waals surface area contributed by atoms with E-state index in [1.165, 1.54) is 0 Å². The summed E-state index contributed by atoms with van der Waals surface area (Å²) in [7, 11) is 5.31. The van der Waals surface area contributed by atoms with Crippen LogP contribution in [0, 0.1) is 5.41 Å². The number of nitrogens with zero attached hydrogens (tertiary/aromatic N) is 2. The second kappa shape index (κ2) is 12.6. The van der Waals surface area contributed by atoms with Crippen molar-refractivity contribution in [2.24, 2.45) is 10.4 Å². The van der Waals surface area contributed by atoms with Crippen LogP contribution in [0.15, 0.2) is 29.3 Å². The number of rotatable bonds is 8. The van der Waals surface area contributed by atoms with E-state index in [0.717, 1.165) is 17.5 Å². The van der Waals surface area contributed by atoms with E-state index in [1.807, 2.05) is 57.0 Å². The van der Waals surface area contributed by atoms with Crippen molar-refractivity contribution in [3.63, 3.8) is 0 Å². The van der Waals surface area contributed by atoms with Gasteiger partial charge in [-0.25, -0.2) is 0 Å². The fourth-order valence-electron chi connectivity index (χ4n) is 2.08. The third kappa shape index (κ3) is 9.69. The summed E-state index contributed by atoms with van der Waals surface area (Å²) in [4.78, 5) is 18.1. The third-order valence-corrected chi connectivity index (χ3v) is 3.70. The molecule has 0 spiro atoms. The SMILES string of the molecule is CN=C(NCCNC(=O)C(C)(C)C)N(C)CCOc1ccc(OC)cc1.I. The standard InChI is InChI=1S/C19H32N4O3.HI/c1-19(2,3)17(24)21-11-12-22-18(20-4)23(5)13-14-26-16-9-7-15(25-6)8-10-16;/h7-10H,11-14H2,1-6H3,(H,20,22)(H,21,24);1H. The molecule has 0 saturated heterocycles. The van der Waals surface area contributed by atoms with Gasteiger partial charge in [0.05, 0.1) is 13.7 Å². The van der Waals surface area contributed by atoms with Gasteiger partial charge in [0.25, 0.3) is 0 Å². The Morgan fingerprint density at radius 2 is 1.67 bits per heavy atom. The zero-order valence-electron chi connectivity index (χ0n) is 17.2. The van der Waals surface area contributed by atoms with E-state index in [4.69, 9.17) is 9.47 Å². The highest BCUT2D eigenvalue weighted by Gasteiger charge is 2.20. The maximum Gasteiger partial charge on any atom is 0.225 e. The number of carbonyl (C=O) groups is 1. The van der Waals surface area contributed by atoms with Gasteiger partial charge in [-0.2, -0.15) is 0 Å². The average Bonchev–Trinajstić information content (AvgIpc) is 2.61. The Balaban J connectivity index is 0.00000676. The largest absolute Gasteiger partial charge is 0.497 e. The monoisotopic (exact) mass is 492 g/mol. The third-order valence-electron chi connectivity index (χ3n) is 3.70. The number of nitrogens with one attached hydrogen (secondary N) is 2. The summed E-state index contributed by atoms with van der Waals surface area (Å²) in [6, 6.07) is 7.49. The lowest BCUT2D eigenvalue weighted by molar-refractivity contribution is -0.128. The molecule has 0 aromatic heterocycles. The van der Waals surface area contributed by atoms with E-state index in [1.54, 1.807) is 14.2 Å². The molecule has 0 aliphatic carbocycles. The van der Waals surface area contributed by atoms with Gasteiger partial charge in [-0.1, -0.05) is 20.8 Å². The Morgan fingerprint density at radius 3 is 2.19 bits per heavy atom. The molecule has 2 N–H and O–H groups in total. The highest BCUT2D eigenvalue weighted by atomic mass is 127. The number of hydrogen-bond donors (Lipinski definition) is 2. The number of aliphatic imine (C=N–C) groups is 1. The Morgan fingerprint density at radius 1 is 1.11 bits per heavy atom. The van der Waals surface area contributed by atoms with E-state index < -0.39 is 0 Å². The average molecular weight is 492 g/mol. The van der Waals surface area contributed by atoms with Crippen LogP contribution in [0.4, 0.5) is 0 Å². The van der Waals surface area contributed by atoms with Crippen molar-refractivity contribution in [1.29, 1.82) is 0 Å². The molecular formula is C19H33IN4O3. The molecule has 1 aromatic rings. The number of carbonyl (C=O) groups excluding carboxylic acids is 1. The molecule has 27 heavy (non-hydrogen) atoms. The molecule has 154 valence electrons. The summed E-state index contributed by atoms with van der Waals surface area (Å²) in [6.45, 7) is 8.05. The van der Waals surface area contributed by atoms with Crippen LogP contribution in [0.1, 0.15) is 20.8 Å². The topological polar surface area (TPSA) is 75.2 Å². The zero-order chi connectivity index (χ0) is 19.6. The van der Waals surface area contributed by atoms with Crippen molar-refractivity contribution in [2.45, 2.75) is 20.8 Å². The van der Waals surface area contributed by atoms with Crippen molar-refractivity contribution in [2.75, 3.05) is 47.4 Å². The minimum atomic E-state index is -0.378. The maximum absolute atomic E-state index is 11.8. The molecule has 8 heteroatoms. The minimum Gasteiger partial charge on any atom is -0.497 e. The quantitative estimate of drug-likeness (QED) is 0.252. The lowest BCUT2D eigenvalue weighted by Gasteiger charge is -2.23. The molecule has 0 saturated carbocycles. The van der Waals surface area contributed by atoms with Crippen LogP contribution >= 0.6 is 24.0 Å². The number of guanidine groups is 1. The van der Waals surface area contributed by atoms with Gasteiger partial charge < -0.3 is 25.0 Å². The van der Waals surface area contributed by atoms with E-state index >= 15 is 0 Å². The van der Waals surface area contributed by atoms with E-state index in [9.17, 15) is 4.79 Å². The lowest BCUT2D eigenvalue weighted by Crippen LogP contribution is -2.45. The molecule has 0 aliphatic rings. The van der Waals surface area contributed by atoms with Gasteiger partial charge in [-0.15, -0.1) is 24.0 Å². The second-order valence-electron chi connectivity index (χ2n) is 6.93. The van der Waals surface area contributed by atoms with Crippen LogP contribution in [0.25, 0.3) is 0 Å². The smallest absolute Gasteiger partial charge is 0.225 e. The fourth-order valence-corrected chi connectivity index (χ4v) is 2.08. The predicted molar refractivity (Wildman–Crippen MR) is 120 cm³/mol. The molecule has 7 nitrogen and oxygen atoms in total. The lowest BCUT2D eigenvalue weighted by atomic mass is 9.96. The maximum atomic E-state index is 11.8.